The van der Waals surface area contributed by atoms with Crippen molar-refractivity contribution >= 4 is 17.3 Å². The van der Waals surface area contributed by atoms with Gasteiger partial charge in [-0.2, -0.15) is 0 Å². The molecule has 0 saturated carbocycles. The fraction of sp³-hybridized carbons (Fsp3) is 0.188. The number of benzene rings is 2. The van der Waals surface area contributed by atoms with Crippen LogP contribution in [-0.2, 0) is 0 Å². The average molecular weight is 254 g/mol. The Morgan fingerprint density at radius 3 is 2.26 bits per heavy atom. The lowest BCUT2D eigenvalue weighted by Crippen LogP contribution is -2.14. The lowest BCUT2D eigenvalue weighted by atomic mass is 10.0. The number of rotatable bonds is 2. The molecule has 2 rings (SSSR count). The summed E-state index contributed by atoms with van der Waals surface area (Å²) in [4.78, 5) is 12.2. The lowest BCUT2D eigenvalue weighted by molar-refractivity contribution is 0.102. The van der Waals surface area contributed by atoms with Crippen LogP contribution in [0.25, 0.3) is 0 Å². The van der Waals surface area contributed by atoms with Crippen LogP contribution >= 0.6 is 0 Å². The van der Waals surface area contributed by atoms with Crippen molar-refractivity contribution in [3.8, 4) is 0 Å². The van der Waals surface area contributed by atoms with Crippen LogP contribution in [0.4, 0.5) is 11.4 Å². The van der Waals surface area contributed by atoms with E-state index in [9.17, 15) is 4.79 Å². The maximum atomic E-state index is 12.2. The van der Waals surface area contributed by atoms with Gasteiger partial charge in [0.15, 0.2) is 0 Å². The molecule has 2 aromatic rings. The van der Waals surface area contributed by atoms with Gasteiger partial charge in [-0.3, -0.25) is 4.79 Å². The van der Waals surface area contributed by atoms with Gasteiger partial charge in [-0.15, -0.1) is 0 Å². The Bertz CT molecular complexity index is 609. The normalized spacial score (nSPS) is 10.3. The monoisotopic (exact) mass is 254 g/mol. The molecule has 0 aliphatic carbocycles. The highest BCUT2D eigenvalue weighted by atomic mass is 16.1. The van der Waals surface area contributed by atoms with E-state index in [1.807, 2.05) is 20.8 Å². The summed E-state index contributed by atoms with van der Waals surface area (Å²) < 4.78 is 0. The molecular weight excluding hydrogens is 236 g/mol. The molecule has 0 unspecified atom stereocenters. The number of carbonyl (C=O) groups excluding carboxylic acids is 1. The summed E-state index contributed by atoms with van der Waals surface area (Å²) in [6.07, 6.45) is 0. The van der Waals surface area contributed by atoms with Crippen LogP contribution < -0.4 is 11.1 Å². The zero-order chi connectivity index (χ0) is 14.0. The summed E-state index contributed by atoms with van der Waals surface area (Å²) in [5.74, 6) is -0.137. The van der Waals surface area contributed by atoms with E-state index in [-0.39, 0.29) is 5.91 Å². The Hall–Kier alpha value is -2.29. The summed E-state index contributed by atoms with van der Waals surface area (Å²) in [5, 5.41) is 2.95. The second-order valence-corrected chi connectivity index (χ2v) is 4.85. The molecule has 0 aromatic heterocycles. The van der Waals surface area contributed by atoms with Crippen molar-refractivity contribution in [2.75, 3.05) is 11.1 Å². The largest absolute Gasteiger partial charge is 0.399 e. The van der Waals surface area contributed by atoms with E-state index in [0.29, 0.717) is 11.3 Å². The Kier molecular flexibility index (Phi) is 3.56. The van der Waals surface area contributed by atoms with Gasteiger partial charge in [0.2, 0.25) is 0 Å². The number of hydrogen-bond donors (Lipinski definition) is 2. The molecule has 0 aliphatic rings. The minimum Gasteiger partial charge on any atom is -0.399 e. The zero-order valence-electron chi connectivity index (χ0n) is 11.4. The third-order valence-electron chi connectivity index (χ3n) is 3.06. The SMILES string of the molecule is Cc1cc(C)c(NC(=O)c2cccc(N)c2)c(C)c1. The summed E-state index contributed by atoms with van der Waals surface area (Å²) >= 11 is 0. The number of nitrogens with two attached hydrogens (primary N) is 1. The van der Waals surface area contributed by atoms with Gasteiger partial charge in [-0.25, -0.2) is 0 Å². The van der Waals surface area contributed by atoms with Crippen molar-refractivity contribution in [3.05, 3.63) is 58.7 Å². The third kappa shape index (κ3) is 2.94. The van der Waals surface area contributed by atoms with E-state index in [1.54, 1.807) is 24.3 Å². The molecule has 0 bridgehead atoms. The number of carbonyl (C=O) groups is 1. The third-order valence-corrected chi connectivity index (χ3v) is 3.06. The van der Waals surface area contributed by atoms with Crippen molar-refractivity contribution < 1.29 is 4.79 Å². The molecule has 0 heterocycles. The van der Waals surface area contributed by atoms with Crippen LogP contribution in [0, 0.1) is 20.8 Å². The molecular formula is C16H18N2O. The molecule has 0 fully saturated rings. The number of hydrogen-bond acceptors (Lipinski definition) is 2. The van der Waals surface area contributed by atoms with E-state index in [2.05, 4.69) is 17.4 Å². The van der Waals surface area contributed by atoms with Crippen molar-refractivity contribution in [3.63, 3.8) is 0 Å². The van der Waals surface area contributed by atoms with Crippen LogP contribution in [0.1, 0.15) is 27.0 Å². The number of nitrogens with one attached hydrogen (secondary N) is 1. The fourth-order valence-electron chi connectivity index (χ4n) is 2.24. The Balaban J connectivity index is 2.29. The lowest BCUT2D eigenvalue weighted by Gasteiger charge is -2.13. The van der Waals surface area contributed by atoms with E-state index in [1.165, 1.54) is 5.56 Å². The molecule has 2 aromatic carbocycles. The Labute approximate surface area is 113 Å². The Morgan fingerprint density at radius 1 is 1.05 bits per heavy atom. The number of aryl methyl sites for hydroxylation is 3. The first-order chi connectivity index (χ1) is 8.97. The van der Waals surface area contributed by atoms with E-state index >= 15 is 0 Å². The van der Waals surface area contributed by atoms with Gasteiger partial charge >= 0.3 is 0 Å². The molecule has 0 atom stereocenters. The summed E-state index contributed by atoms with van der Waals surface area (Å²) in [6, 6.07) is 11.1. The maximum Gasteiger partial charge on any atom is 0.255 e. The zero-order valence-corrected chi connectivity index (χ0v) is 11.4. The van der Waals surface area contributed by atoms with E-state index in [4.69, 9.17) is 5.73 Å². The van der Waals surface area contributed by atoms with Crippen molar-refractivity contribution in [2.45, 2.75) is 20.8 Å². The predicted octanol–water partition coefficient (Wildman–Crippen LogP) is 3.45. The van der Waals surface area contributed by atoms with Crippen molar-refractivity contribution in [1.82, 2.24) is 0 Å². The first-order valence-corrected chi connectivity index (χ1v) is 6.22. The number of nitrogen functional groups attached to an aromatic ring is 1. The maximum absolute atomic E-state index is 12.2. The second kappa shape index (κ2) is 5.14. The fourth-order valence-corrected chi connectivity index (χ4v) is 2.24. The van der Waals surface area contributed by atoms with Crippen LogP contribution in [0.5, 0.6) is 0 Å². The smallest absolute Gasteiger partial charge is 0.255 e. The molecule has 3 heteroatoms. The van der Waals surface area contributed by atoms with Gasteiger partial charge in [-0.1, -0.05) is 23.8 Å². The summed E-state index contributed by atoms with van der Waals surface area (Å²) in [6.45, 7) is 6.04. The quantitative estimate of drug-likeness (QED) is 0.806. The van der Waals surface area contributed by atoms with Gasteiger partial charge in [0.05, 0.1) is 0 Å². The van der Waals surface area contributed by atoms with Gasteiger partial charge < -0.3 is 11.1 Å². The highest BCUT2D eigenvalue weighted by Crippen LogP contribution is 2.22. The molecule has 3 N–H and O–H groups in total. The van der Waals surface area contributed by atoms with Crippen LogP contribution in [0.3, 0.4) is 0 Å². The summed E-state index contributed by atoms with van der Waals surface area (Å²) in [7, 11) is 0. The minimum atomic E-state index is -0.137. The topological polar surface area (TPSA) is 55.1 Å². The van der Waals surface area contributed by atoms with Crippen LogP contribution in [0.2, 0.25) is 0 Å². The standard InChI is InChI=1S/C16H18N2O/c1-10-7-11(2)15(12(3)8-10)18-16(19)13-5-4-6-14(17)9-13/h4-9H,17H2,1-3H3,(H,18,19). The molecule has 0 saturated heterocycles. The van der Waals surface area contributed by atoms with Crippen molar-refractivity contribution in [1.29, 1.82) is 0 Å². The summed E-state index contributed by atoms with van der Waals surface area (Å²) in [5.41, 5.74) is 11.0. The predicted molar refractivity (Wildman–Crippen MR) is 79.5 cm³/mol. The number of anilines is 2. The van der Waals surface area contributed by atoms with Gasteiger partial charge in [0.25, 0.3) is 5.91 Å². The van der Waals surface area contributed by atoms with Gasteiger partial charge in [0, 0.05) is 16.9 Å². The molecule has 1 amide bonds. The van der Waals surface area contributed by atoms with Crippen LogP contribution in [0.15, 0.2) is 36.4 Å². The minimum absolute atomic E-state index is 0.137. The first kappa shape index (κ1) is 13.1. The highest BCUT2D eigenvalue weighted by Gasteiger charge is 2.10. The average Bonchev–Trinajstić information content (AvgIpc) is 2.33. The number of amides is 1. The molecule has 0 radical (unpaired) electrons. The highest BCUT2D eigenvalue weighted by molar-refractivity contribution is 6.05. The van der Waals surface area contributed by atoms with Gasteiger partial charge in [0.1, 0.15) is 0 Å². The van der Waals surface area contributed by atoms with E-state index < -0.39 is 0 Å². The van der Waals surface area contributed by atoms with Gasteiger partial charge in [-0.05, 0) is 50.1 Å². The molecule has 0 spiro atoms. The Morgan fingerprint density at radius 2 is 1.68 bits per heavy atom. The van der Waals surface area contributed by atoms with E-state index in [0.717, 1.165) is 16.8 Å². The molecule has 0 aliphatic heterocycles. The molecule has 98 valence electrons. The van der Waals surface area contributed by atoms with Crippen molar-refractivity contribution in [2.24, 2.45) is 0 Å². The molecule has 19 heavy (non-hydrogen) atoms. The first-order valence-electron chi connectivity index (χ1n) is 6.22. The molecule has 3 nitrogen and oxygen atoms in total. The van der Waals surface area contributed by atoms with Crippen LogP contribution in [-0.4, -0.2) is 5.91 Å². The second-order valence-electron chi connectivity index (χ2n) is 4.85.